The molecule has 6 aromatic rings. The first-order chi connectivity index (χ1) is 32.6. The molecule has 0 unspecified atom stereocenters. The lowest BCUT2D eigenvalue weighted by Crippen LogP contribution is -2.13. The molecular weight excluding hydrogens is 957 g/mol. The van der Waals surface area contributed by atoms with E-state index in [1.165, 1.54) is 62.8 Å². The maximum absolute atomic E-state index is 9.69. The Labute approximate surface area is 439 Å². The summed E-state index contributed by atoms with van der Waals surface area (Å²) in [5.74, 6) is 0. The Hall–Kier alpha value is -3.84. The van der Waals surface area contributed by atoms with Gasteiger partial charge in [0.1, 0.15) is 15.2 Å². The van der Waals surface area contributed by atoms with Gasteiger partial charge in [-0.3, -0.25) is 5.04 Å². The predicted molar refractivity (Wildman–Crippen MR) is 300 cm³/mol. The summed E-state index contributed by atoms with van der Waals surface area (Å²) < 4.78 is 32.6. The molecule has 6 rings (SSSR count). The molecule has 6 aromatic carbocycles. The van der Waals surface area contributed by atoms with Gasteiger partial charge in [0.15, 0.2) is 29.4 Å². The van der Waals surface area contributed by atoms with Crippen molar-refractivity contribution in [3.05, 3.63) is 179 Å². The van der Waals surface area contributed by atoms with Crippen LogP contribution in [0.1, 0.15) is 158 Å². The molecule has 0 amide bonds. The zero-order valence-electron chi connectivity index (χ0n) is 45.6. The second-order valence-corrected chi connectivity index (χ2v) is 30.7. The molecule has 0 aliphatic heterocycles. The van der Waals surface area contributed by atoms with Crippen LogP contribution >= 0.6 is 12.0 Å². The molecule has 10 heteroatoms. The Morgan fingerprint density at radius 3 is 0.620 bits per heavy atom. The minimum absolute atomic E-state index is 0.120. The normalized spacial score (nSPS) is 12.8. The van der Waals surface area contributed by atoms with Crippen molar-refractivity contribution < 1.29 is 27.6 Å². The van der Waals surface area contributed by atoms with Gasteiger partial charge in [-0.1, -0.05) is 197 Å². The Morgan fingerprint density at radius 2 is 0.507 bits per heavy atom. The van der Waals surface area contributed by atoms with E-state index in [0.29, 0.717) is 0 Å². The molecule has 0 saturated carbocycles. The topological polar surface area (TPSA) is 98.7 Å². The fourth-order valence-corrected chi connectivity index (χ4v) is 12.2. The molecule has 0 fully saturated rings. The molecule has 384 valence electrons. The van der Waals surface area contributed by atoms with Crippen molar-refractivity contribution in [1.29, 1.82) is 0 Å². The minimum atomic E-state index is -4.33. The van der Waals surface area contributed by atoms with Crippen LogP contribution in [0.2, 0.25) is 0 Å². The van der Waals surface area contributed by atoms with E-state index >= 15 is 0 Å². The summed E-state index contributed by atoms with van der Waals surface area (Å²) in [5, 5.41) is 10.9. The van der Waals surface area contributed by atoms with Crippen LogP contribution in [0.15, 0.2) is 175 Å². The molecule has 0 spiro atoms. The second-order valence-electron chi connectivity index (χ2n) is 24.2. The smallest absolute Gasteiger partial charge is 0.166 e. The molecule has 0 heterocycles. The Kier molecular flexibility index (Phi) is 20.2. The van der Waals surface area contributed by atoms with Crippen LogP contribution in [0.3, 0.4) is 0 Å². The van der Waals surface area contributed by atoms with Crippen LogP contribution < -0.4 is 5.26 Å². The molecule has 6 nitrogen and oxygen atoms in total. The van der Waals surface area contributed by atoms with E-state index < -0.39 is 15.2 Å². The highest BCUT2D eigenvalue weighted by molar-refractivity contribution is 8.07. The SMILES string of the molecule is CC(C)(C)c1ccc([S+](c2ccc(C(C)(C)C)cc2)c2ccc(C(C)(C)C)cc2)cc1.CC(C)(C)c1ccc([S+](c2ccc(C(C)(C)C)cc2)c2ccc(C(C)(C)C)cc2)cc1.O=S(=O)([O-])CSOO[O-]. The quantitative estimate of drug-likeness (QED) is 0.0336. The molecule has 0 saturated heterocycles. The zero-order chi connectivity index (χ0) is 53.4. The second kappa shape index (κ2) is 24.0. The van der Waals surface area contributed by atoms with Crippen molar-refractivity contribution in [3.63, 3.8) is 0 Å². The van der Waals surface area contributed by atoms with Gasteiger partial charge in [-0.15, -0.1) is 0 Å². The van der Waals surface area contributed by atoms with Crippen LogP contribution in [-0.2, 0) is 73.8 Å². The van der Waals surface area contributed by atoms with Crippen LogP contribution in [0.4, 0.5) is 0 Å². The van der Waals surface area contributed by atoms with E-state index in [1.807, 2.05) is 0 Å². The van der Waals surface area contributed by atoms with Crippen molar-refractivity contribution in [2.45, 2.75) is 186 Å². The first-order valence-electron chi connectivity index (χ1n) is 24.2. The van der Waals surface area contributed by atoms with E-state index in [-0.39, 0.29) is 66.3 Å². The third kappa shape index (κ3) is 18.3. The van der Waals surface area contributed by atoms with Crippen LogP contribution in [0.5, 0.6) is 0 Å². The first-order valence-corrected chi connectivity index (χ1v) is 29.2. The van der Waals surface area contributed by atoms with Gasteiger partial charge in [0.2, 0.25) is 0 Å². The summed E-state index contributed by atoms with van der Waals surface area (Å²) in [6, 6.07) is 55.7. The molecule has 0 aromatic heterocycles. The average Bonchev–Trinajstić information content (AvgIpc) is 3.26. The van der Waals surface area contributed by atoms with Gasteiger partial charge in [-0.2, -0.15) is 4.33 Å². The molecule has 0 N–H and O–H groups in total. The standard InChI is InChI=1S/2C30H39S.CH4O6S2/c2*1-28(2,3)22-10-16-25(17-11-22)31(26-18-12-23(13-19-26)29(4,5)6)27-20-14-24(15-21-27)30(7,8)9;2-6-7-8-1-9(3,4)5/h2*10-21H,1-9H3;2H,1H2,(H,3,4,5)/q2*+1;/p-2. The summed E-state index contributed by atoms with van der Waals surface area (Å²) in [4.78, 5) is 8.25. The molecule has 0 atom stereocenters. The van der Waals surface area contributed by atoms with Gasteiger partial charge >= 0.3 is 0 Å². The van der Waals surface area contributed by atoms with Gasteiger partial charge in [-0.25, -0.2) is 8.42 Å². The third-order valence-electron chi connectivity index (χ3n) is 12.0. The van der Waals surface area contributed by atoms with E-state index in [2.05, 4.69) is 280 Å². The van der Waals surface area contributed by atoms with Gasteiger partial charge in [-0.05, 0) is 139 Å². The number of benzene rings is 6. The van der Waals surface area contributed by atoms with Crippen LogP contribution in [0.25, 0.3) is 0 Å². The maximum atomic E-state index is 9.69. The summed E-state index contributed by atoms with van der Waals surface area (Å²) in [5.41, 5.74) is 9.28. The maximum Gasteiger partial charge on any atom is 0.166 e. The molecule has 0 aliphatic carbocycles. The highest BCUT2D eigenvalue weighted by atomic mass is 32.3. The number of hydrogen-bond donors (Lipinski definition) is 0. The molecule has 0 radical (unpaired) electrons. The summed E-state index contributed by atoms with van der Waals surface area (Å²) >= 11 is 0.125. The molecule has 0 bridgehead atoms. The lowest BCUT2D eigenvalue weighted by Gasteiger charge is -2.21. The summed E-state index contributed by atoms with van der Waals surface area (Å²) in [7, 11) is -4.57. The summed E-state index contributed by atoms with van der Waals surface area (Å²) in [6.07, 6.45) is 0. The molecule has 71 heavy (non-hydrogen) atoms. The van der Waals surface area contributed by atoms with Crippen molar-refractivity contribution >= 4 is 44.0 Å². The number of rotatable bonds is 10. The van der Waals surface area contributed by atoms with E-state index in [0.717, 1.165) is 0 Å². The molecular formula is C61H80O6S4. The first kappa shape index (κ1) is 59.7. The van der Waals surface area contributed by atoms with Gasteiger partial charge in [0.05, 0.1) is 21.8 Å². The lowest BCUT2D eigenvalue weighted by molar-refractivity contribution is -0.777. The van der Waals surface area contributed by atoms with Gasteiger partial charge in [0.25, 0.3) is 0 Å². The highest BCUT2D eigenvalue weighted by Gasteiger charge is 2.32. The van der Waals surface area contributed by atoms with Crippen LogP contribution in [-0.4, -0.2) is 18.1 Å². The number of hydrogen-bond acceptors (Lipinski definition) is 7. The van der Waals surface area contributed by atoms with E-state index in [4.69, 9.17) is 5.26 Å². The van der Waals surface area contributed by atoms with Crippen molar-refractivity contribution in [3.8, 4) is 0 Å². The van der Waals surface area contributed by atoms with Crippen molar-refractivity contribution in [1.82, 2.24) is 0 Å². The molecule has 0 aliphatic rings. The van der Waals surface area contributed by atoms with E-state index in [9.17, 15) is 13.0 Å². The Balaban J connectivity index is 0.000000263. The fourth-order valence-electron chi connectivity index (χ4n) is 7.46. The van der Waals surface area contributed by atoms with Gasteiger partial charge in [0, 0.05) is 12.0 Å². The fraction of sp³-hybridized carbons (Fsp3) is 0.410. The monoisotopic (exact) mass is 1040 g/mol. The Bertz CT molecular complexity index is 2230. The zero-order valence-corrected chi connectivity index (χ0v) is 48.9. The highest BCUT2D eigenvalue weighted by Crippen LogP contribution is 2.38. The summed E-state index contributed by atoms with van der Waals surface area (Å²) in [6.45, 7) is 41.0. The van der Waals surface area contributed by atoms with Crippen molar-refractivity contribution in [2.24, 2.45) is 0 Å². The predicted octanol–water partition coefficient (Wildman–Crippen LogP) is 15.7. The van der Waals surface area contributed by atoms with E-state index in [1.54, 1.807) is 0 Å². The van der Waals surface area contributed by atoms with Crippen LogP contribution in [0, 0.1) is 0 Å². The van der Waals surface area contributed by atoms with Crippen molar-refractivity contribution in [2.75, 3.05) is 5.08 Å². The Morgan fingerprint density at radius 1 is 0.352 bits per heavy atom. The lowest BCUT2D eigenvalue weighted by atomic mass is 9.87. The van der Waals surface area contributed by atoms with Gasteiger partial charge < -0.3 is 9.81 Å². The largest absolute Gasteiger partial charge is 0.747 e. The third-order valence-corrected chi connectivity index (χ3v) is 18.2. The minimum Gasteiger partial charge on any atom is -0.747 e. The average molecular weight is 1040 g/mol.